The van der Waals surface area contributed by atoms with Crippen molar-refractivity contribution in [1.29, 1.82) is 0 Å². The first kappa shape index (κ1) is 20.4. The topological polar surface area (TPSA) is 116 Å². The van der Waals surface area contributed by atoms with E-state index in [0.29, 0.717) is 28.1 Å². The molecule has 31 heavy (non-hydrogen) atoms. The highest BCUT2D eigenvalue weighted by molar-refractivity contribution is 7.14. The summed E-state index contributed by atoms with van der Waals surface area (Å²) < 4.78 is 6.17. The number of carbonyl (C=O) groups excluding carboxylic acids is 1. The van der Waals surface area contributed by atoms with Crippen molar-refractivity contribution in [1.82, 2.24) is 19.9 Å². The van der Waals surface area contributed by atoms with E-state index in [1.807, 2.05) is 25.1 Å². The van der Waals surface area contributed by atoms with Gasteiger partial charge < -0.3 is 15.8 Å². The number of carbonyl (C=O) groups is 1. The number of primary amides is 1. The third-order valence-corrected chi connectivity index (χ3v) is 5.35. The van der Waals surface area contributed by atoms with E-state index < -0.39 is 5.91 Å². The van der Waals surface area contributed by atoms with Gasteiger partial charge in [0.05, 0.1) is 10.7 Å². The van der Waals surface area contributed by atoms with Gasteiger partial charge in [-0.2, -0.15) is 0 Å². The van der Waals surface area contributed by atoms with E-state index in [9.17, 15) is 4.79 Å². The summed E-state index contributed by atoms with van der Waals surface area (Å²) in [7, 11) is 0. The van der Waals surface area contributed by atoms with Crippen LogP contribution in [0.2, 0.25) is 0 Å². The van der Waals surface area contributed by atoms with Gasteiger partial charge in [0.2, 0.25) is 5.06 Å². The summed E-state index contributed by atoms with van der Waals surface area (Å²) in [6, 6.07) is 14.3. The fraction of sp³-hybridized carbons (Fsp3) is 0.136. The highest BCUT2D eigenvalue weighted by Crippen LogP contribution is 2.38. The number of ether oxygens (including phenoxy) is 1. The van der Waals surface area contributed by atoms with Crippen molar-refractivity contribution in [3.05, 3.63) is 71.1 Å². The molecule has 0 aliphatic rings. The Morgan fingerprint density at radius 1 is 1.10 bits per heavy atom. The minimum Gasteiger partial charge on any atom is -0.444 e. The van der Waals surface area contributed by atoms with Crippen LogP contribution in [0.3, 0.4) is 0 Å². The Morgan fingerprint density at radius 3 is 2.71 bits per heavy atom. The van der Waals surface area contributed by atoms with Crippen molar-refractivity contribution in [3.8, 4) is 22.2 Å². The lowest BCUT2D eigenvalue weighted by atomic mass is 10.2. The third kappa shape index (κ3) is 4.84. The van der Waals surface area contributed by atoms with Gasteiger partial charge in [-0.25, -0.2) is 15.0 Å². The van der Waals surface area contributed by atoms with Crippen molar-refractivity contribution in [2.24, 2.45) is 5.73 Å². The number of aryl methyl sites for hydroxylation is 2. The summed E-state index contributed by atoms with van der Waals surface area (Å²) in [6.45, 7) is 4.00. The molecule has 4 aromatic heterocycles. The monoisotopic (exact) mass is 432 g/mol. The van der Waals surface area contributed by atoms with E-state index in [1.165, 1.54) is 11.3 Å². The van der Waals surface area contributed by atoms with Gasteiger partial charge in [0.1, 0.15) is 28.8 Å². The number of rotatable bonds is 7. The van der Waals surface area contributed by atoms with Gasteiger partial charge in [0.15, 0.2) is 0 Å². The van der Waals surface area contributed by atoms with Crippen molar-refractivity contribution in [2.75, 3.05) is 5.32 Å². The van der Waals surface area contributed by atoms with Crippen LogP contribution in [-0.2, 0) is 6.42 Å². The maximum absolute atomic E-state index is 11.3. The molecule has 0 atom stereocenters. The second-order valence-corrected chi connectivity index (χ2v) is 7.68. The lowest BCUT2D eigenvalue weighted by Crippen LogP contribution is -2.13. The zero-order valence-corrected chi connectivity index (χ0v) is 17.8. The Balaban J connectivity index is 1.60. The minimum absolute atomic E-state index is 0.171. The molecule has 0 saturated heterocycles. The molecule has 9 heteroatoms. The molecule has 4 heterocycles. The molecule has 0 aromatic carbocycles. The molecule has 4 rings (SSSR count). The number of hydrogen-bond donors (Lipinski definition) is 2. The molecule has 8 nitrogen and oxygen atoms in total. The SMILES string of the molecule is CCc1nc(-c2cccc(C)n2)c(Oc2ccnc(Nc3cccc(C(N)=O)n3)c2)s1. The average Bonchev–Trinajstić information content (AvgIpc) is 3.17. The molecular formula is C22H20N6O2S. The zero-order valence-electron chi connectivity index (χ0n) is 17.0. The summed E-state index contributed by atoms with van der Waals surface area (Å²) in [5, 5.41) is 4.69. The molecular weight excluding hydrogens is 412 g/mol. The van der Waals surface area contributed by atoms with Gasteiger partial charge in [-0.05, 0) is 43.7 Å². The second-order valence-electron chi connectivity index (χ2n) is 6.64. The number of anilines is 2. The summed E-state index contributed by atoms with van der Waals surface area (Å²) >= 11 is 1.49. The van der Waals surface area contributed by atoms with Crippen LogP contribution in [0.1, 0.15) is 28.1 Å². The van der Waals surface area contributed by atoms with E-state index in [4.69, 9.17) is 15.5 Å². The highest BCUT2D eigenvalue weighted by Gasteiger charge is 2.16. The first-order valence-electron chi connectivity index (χ1n) is 9.63. The molecule has 0 aliphatic heterocycles. The molecule has 4 aromatic rings. The predicted octanol–water partition coefficient (Wildman–Crippen LogP) is 4.50. The normalized spacial score (nSPS) is 10.6. The van der Waals surface area contributed by atoms with E-state index in [2.05, 4.69) is 27.2 Å². The van der Waals surface area contributed by atoms with Crippen LogP contribution in [0.25, 0.3) is 11.4 Å². The minimum atomic E-state index is -0.595. The molecule has 1 amide bonds. The number of nitrogens with zero attached hydrogens (tertiary/aromatic N) is 4. The van der Waals surface area contributed by atoms with Crippen LogP contribution < -0.4 is 15.8 Å². The third-order valence-electron chi connectivity index (χ3n) is 4.27. The predicted molar refractivity (Wildman–Crippen MR) is 120 cm³/mol. The maximum atomic E-state index is 11.3. The van der Waals surface area contributed by atoms with Gasteiger partial charge in [0.25, 0.3) is 5.91 Å². The largest absolute Gasteiger partial charge is 0.444 e. The number of nitrogens with two attached hydrogens (primary N) is 1. The van der Waals surface area contributed by atoms with E-state index in [0.717, 1.165) is 22.8 Å². The number of pyridine rings is 3. The quantitative estimate of drug-likeness (QED) is 0.442. The summed E-state index contributed by atoms with van der Waals surface area (Å²) in [6.07, 6.45) is 2.43. The Labute approximate surface area is 183 Å². The van der Waals surface area contributed by atoms with Crippen LogP contribution in [0, 0.1) is 6.92 Å². The number of hydrogen-bond acceptors (Lipinski definition) is 8. The summed E-state index contributed by atoms with van der Waals surface area (Å²) in [5.74, 6) is 0.963. The molecule has 0 saturated carbocycles. The Kier molecular flexibility index (Phi) is 5.85. The van der Waals surface area contributed by atoms with Gasteiger partial charge in [0, 0.05) is 18.0 Å². The Bertz CT molecular complexity index is 1240. The highest BCUT2D eigenvalue weighted by atomic mass is 32.1. The van der Waals surface area contributed by atoms with Crippen LogP contribution in [-0.4, -0.2) is 25.8 Å². The molecule has 0 unspecified atom stereocenters. The lowest BCUT2D eigenvalue weighted by molar-refractivity contribution is 0.0995. The number of thiazole rings is 1. The van der Waals surface area contributed by atoms with Crippen molar-refractivity contribution in [3.63, 3.8) is 0 Å². The molecule has 3 N–H and O–H groups in total. The molecule has 0 spiro atoms. The van der Waals surface area contributed by atoms with E-state index >= 15 is 0 Å². The van der Waals surface area contributed by atoms with Crippen LogP contribution in [0.4, 0.5) is 11.6 Å². The second kappa shape index (κ2) is 8.88. The van der Waals surface area contributed by atoms with Crippen molar-refractivity contribution < 1.29 is 9.53 Å². The van der Waals surface area contributed by atoms with Gasteiger partial charge >= 0.3 is 0 Å². The molecule has 0 bridgehead atoms. The van der Waals surface area contributed by atoms with Crippen LogP contribution >= 0.6 is 11.3 Å². The van der Waals surface area contributed by atoms with Crippen molar-refractivity contribution in [2.45, 2.75) is 20.3 Å². The fourth-order valence-electron chi connectivity index (χ4n) is 2.83. The molecule has 0 aliphatic carbocycles. The average molecular weight is 433 g/mol. The van der Waals surface area contributed by atoms with Gasteiger partial charge in [-0.15, -0.1) is 0 Å². The van der Waals surface area contributed by atoms with Crippen molar-refractivity contribution >= 4 is 28.9 Å². The van der Waals surface area contributed by atoms with E-state index in [1.54, 1.807) is 36.5 Å². The van der Waals surface area contributed by atoms with Crippen LogP contribution in [0.5, 0.6) is 10.8 Å². The summed E-state index contributed by atoms with van der Waals surface area (Å²) in [4.78, 5) is 29.1. The zero-order chi connectivity index (χ0) is 21.8. The first-order valence-corrected chi connectivity index (χ1v) is 10.4. The standard InChI is InChI=1S/C22H20N6O2S/c1-3-19-28-20(15-7-4-6-13(2)25-15)22(31-19)30-14-10-11-24-18(12-14)27-17-9-5-8-16(26-17)21(23)29/h4-12H,3H2,1-2H3,(H2,23,29)(H,24,26,27). The number of amides is 1. The summed E-state index contributed by atoms with van der Waals surface area (Å²) in [5.41, 5.74) is 7.86. The number of aromatic nitrogens is 4. The van der Waals surface area contributed by atoms with Gasteiger partial charge in [-0.3, -0.25) is 9.78 Å². The molecule has 156 valence electrons. The van der Waals surface area contributed by atoms with Gasteiger partial charge in [-0.1, -0.05) is 30.4 Å². The Morgan fingerprint density at radius 2 is 1.94 bits per heavy atom. The molecule has 0 radical (unpaired) electrons. The smallest absolute Gasteiger partial charge is 0.267 e. The first-order chi connectivity index (χ1) is 15.0. The Hall–Kier alpha value is -3.85. The van der Waals surface area contributed by atoms with E-state index in [-0.39, 0.29) is 5.69 Å². The fourth-order valence-corrected chi connectivity index (χ4v) is 3.71. The number of nitrogens with one attached hydrogen (secondary N) is 1. The maximum Gasteiger partial charge on any atom is 0.267 e. The molecule has 0 fully saturated rings. The lowest BCUT2D eigenvalue weighted by Gasteiger charge is -2.09. The van der Waals surface area contributed by atoms with Crippen LogP contribution in [0.15, 0.2) is 54.7 Å².